The number of nitrogens with one attached hydrogen (secondary N) is 1. The van der Waals surface area contributed by atoms with Crippen LogP contribution in [0.5, 0.6) is 5.75 Å². The van der Waals surface area contributed by atoms with Gasteiger partial charge in [0.2, 0.25) is 0 Å². The molecule has 0 heterocycles. The van der Waals surface area contributed by atoms with E-state index in [4.69, 9.17) is 10.6 Å². The van der Waals surface area contributed by atoms with Crippen molar-refractivity contribution in [3.05, 3.63) is 29.8 Å². The second-order valence-electron chi connectivity index (χ2n) is 5.02. The minimum Gasteiger partial charge on any atom is -0.406 e. The molecule has 0 aliphatic heterocycles. The van der Waals surface area contributed by atoms with E-state index in [0.29, 0.717) is 18.1 Å². The zero-order valence-corrected chi connectivity index (χ0v) is 11.7. The average Bonchev–Trinajstić information content (AvgIpc) is 3.21. The molecule has 118 valence electrons. The van der Waals surface area contributed by atoms with Gasteiger partial charge in [0.05, 0.1) is 12.1 Å². The Hall–Kier alpha value is -1.31. The lowest BCUT2D eigenvalue weighted by molar-refractivity contribution is -0.274. The second kappa shape index (κ2) is 6.64. The summed E-state index contributed by atoms with van der Waals surface area (Å²) in [6, 6.07) is 5.46. The molecule has 0 bridgehead atoms. The summed E-state index contributed by atoms with van der Waals surface area (Å²) in [5.41, 5.74) is 3.27. The molecular weight excluding hydrogens is 285 g/mol. The highest BCUT2D eigenvalue weighted by atomic mass is 19.4. The van der Waals surface area contributed by atoms with E-state index in [1.165, 1.54) is 18.2 Å². The fourth-order valence-electron chi connectivity index (χ4n) is 2.41. The Kier molecular flexibility index (Phi) is 5.08. The highest BCUT2D eigenvalue weighted by molar-refractivity contribution is 5.31. The minimum atomic E-state index is -4.71. The fraction of sp³-hybridized carbons (Fsp3) is 0.571. The van der Waals surface area contributed by atoms with Crippen LogP contribution in [0.1, 0.15) is 31.4 Å². The van der Waals surface area contributed by atoms with E-state index in [1.54, 1.807) is 6.07 Å². The van der Waals surface area contributed by atoms with Gasteiger partial charge in [-0.05, 0) is 43.4 Å². The van der Waals surface area contributed by atoms with Gasteiger partial charge < -0.3 is 9.47 Å². The molecule has 1 aliphatic rings. The molecule has 0 amide bonds. The lowest BCUT2D eigenvalue weighted by atomic mass is 9.98. The van der Waals surface area contributed by atoms with Crippen molar-refractivity contribution in [1.82, 2.24) is 5.43 Å². The van der Waals surface area contributed by atoms with Crippen LogP contribution in [0.25, 0.3) is 0 Å². The third-order valence-corrected chi connectivity index (χ3v) is 3.40. The third-order valence-electron chi connectivity index (χ3n) is 3.40. The Balaban J connectivity index is 2.18. The van der Waals surface area contributed by atoms with Gasteiger partial charge in [0.1, 0.15) is 5.75 Å². The van der Waals surface area contributed by atoms with Gasteiger partial charge in [-0.3, -0.25) is 11.3 Å². The maximum Gasteiger partial charge on any atom is 0.573 e. The summed E-state index contributed by atoms with van der Waals surface area (Å²) in [6.45, 7) is 2.41. The summed E-state index contributed by atoms with van der Waals surface area (Å²) in [5.74, 6) is 5.71. The summed E-state index contributed by atoms with van der Waals surface area (Å²) in [5, 5.41) is 0. The first kappa shape index (κ1) is 16.1. The maximum atomic E-state index is 12.3. The molecule has 2 atom stereocenters. The van der Waals surface area contributed by atoms with Gasteiger partial charge >= 0.3 is 6.36 Å². The highest BCUT2D eigenvalue weighted by Gasteiger charge is 2.38. The Morgan fingerprint density at radius 1 is 1.38 bits per heavy atom. The zero-order valence-electron chi connectivity index (χ0n) is 11.7. The van der Waals surface area contributed by atoms with Crippen LogP contribution in [-0.2, 0) is 4.74 Å². The largest absolute Gasteiger partial charge is 0.573 e. The molecule has 1 fully saturated rings. The van der Waals surface area contributed by atoms with E-state index >= 15 is 0 Å². The minimum absolute atomic E-state index is 0.152. The van der Waals surface area contributed by atoms with Crippen molar-refractivity contribution in [2.45, 2.75) is 38.3 Å². The van der Waals surface area contributed by atoms with Crippen LogP contribution in [0.15, 0.2) is 24.3 Å². The number of ether oxygens (including phenoxy) is 2. The molecule has 1 aromatic rings. The number of rotatable bonds is 7. The van der Waals surface area contributed by atoms with E-state index in [-0.39, 0.29) is 17.9 Å². The van der Waals surface area contributed by atoms with Gasteiger partial charge in [-0.25, -0.2) is 0 Å². The molecule has 4 nitrogen and oxygen atoms in total. The molecule has 0 saturated heterocycles. The highest BCUT2D eigenvalue weighted by Crippen LogP contribution is 2.40. The van der Waals surface area contributed by atoms with Crippen molar-refractivity contribution in [2.24, 2.45) is 11.8 Å². The van der Waals surface area contributed by atoms with Crippen LogP contribution < -0.4 is 16.0 Å². The topological polar surface area (TPSA) is 56.5 Å². The van der Waals surface area contributed by atoms with Crippen molar-refractivity contribution in [3.8, 4) is 5.75 Å². The van der Waals surface area contributed by atoms with E-state index in [0.717, 1.165) is 12.8 Å². The number of nitrogens with two attached hydrogens (primary N) is 1. The van der Waals surface area contributed by atoms with Gasteiger partial charge in [0.15, 0.2) is 0 Å². The van der Waals surface area contributed by atoms with E-state index < -0.39 is 6.36 Å². The van der Waals surface area contributed by atoms with E-state index in [1.807, 2.05) is 6.92 Å². The monoisotopic (exact) mass is 304 g/mol. The predicted octanol–water partition coefficient (Wildman–Crippen LogP) is 2.90. The molecule has 7 heteroatoms. The first-order valence-corrected chi connectivity index (χ1v) is 6.88. The van der Waals surface area contributed by atoms with Crippen molar-refractivity contribution < 1.29 is 22.6 Å². The van der Waals surface area contributed by atoms with Crippen LogP contribution >= 0.6 is 0 Å². The molecule has 1 saturated carbocycles. The molecule has 0 spiro atoms. The summed E-state index contributed by atoms with van der Waals surface area (Å²) in [4.78, 5) is 0. The van der Waals surface area contributed by atoms with Crippen LogP contribution in [0.3, 0.4) is 0 Å². The van der Waals surface area contributed by atoms with Crippen molar-refractivity contribution in [3.63, 3.8) is 0 Å². The summed E-state index contributed by atoms with van der Waals surface area (Å²) in [6.07, 6.45) is -2.77. The van der Waals surface area contributed by atoms with Gasteiger partial charge in [0.25, 0.3) is 0 Å². The van der Waals surface area contributed by atoms with Gasteiger partial charge in [0, 0.05) is 6.61 Å². The Morgan fingerprint density at radius 2 is 2.10 bits per heavy atom. The SMILES string of the molecule is CCOC(C1CC1)C(NN)c1cccc(OC(F)(F)F)c1. The maximum absolute atomic E-state index is 12.3. The predicted molar refractivity (Wildman–Crippen MR) is 71.3 cm³/mol. The van der Waals surface area contributed by atoms with Gasteiger partial charge in [-0.15, -0.1) is 13.2 Å². The molecular formula is C14H19F3N2O2. The van der Waals surface area contributed by atoms with Crippen LogP contribution in [0, 0.1) is 5.92 Å². The fourth-order valence-corrected chi connectivity index (χ4v) is 2.41. The number of alkyl halides is 3. The summed E-state index contributed by atoms with van der Waals surface area (Å²) >= 11 is 0. The van der Waals surface area contributed by atoms with Crippen molar-refractivity contribution >= 4 is 0 Å². The normalized spacial score (nSPS) is 18.3. The number of benzene rings is 1. The Morgan fingerprint density at radius 3 is 2.62 bits per heavy atom. The Bertz CT molecular complexity index is 464. The van der Waals surface area contributed by atoms with E-state index in [2.05, 4.69) is 10.2 Å². The molecule has 2 unspecified atom stereocenters. The third kappa shape index (κ3) is 4.59. The number of hydrazine groups is 1. The molecule has 2 rings (SSSR count). The number of hydrogen-bond donors (Lipinski definition) is 2. The van der Waals surface area contributed by atoms with Gasteiger partial charge in [-0.1, -0.05) is 12.1 Å². The summed E-state index contributed by atoms with van der Waals surface area (Å²) in [7, 11) is 0. The zero-order chi connectivity index (χ0) is 15.5. The standard InChI is InChI=1S/C14H19F3N2O2/c1-2-20-13(9-6-7-9)12(19-18)10-4-3-5-11(8-10)21-14(15,16)17/h3-5,8-9,12-13,19H,2,6-7,18H2,1H3. The average molecular weight is 304 g/mol. The first-order chi connectivity index (χ1) is 9.94. The number of halogens is 3. The van der Waals surface area contributed by atoms with E-state index in [9.17, 15) is 13.2 Å². The molecule has 0 radical (unpaired) electrons. The molecule has 21 heavy (non-hydrogen) atoms. The van der Waals surface area contributed by atoms with Gasteiger partial charge in [-0.2, -0.15) is 0 Å². The second-order valence-corrected chi connectivity index (χ2v) is 5.02. The molecule has 0 aromatic heterocycles. The van der Waals surface area contributed by atoms with Crippen LogP contribution in [0.2, 0.25) is 0 Å². The molecule has 3 N–H and O–H groups in total. The lowest BCUT2D eigenvalue weighted by Crippen LogP contribution is -2.39. The number of hydrogen-bond acceptors (Lipinski definition) is 4. The quantitative estimate of drug-likeness (QED) is 0.601. The smallest absolute Gasteiger partial charge is 0.406 e. The summed E-state index contributed by atoms with van der Waals surface area (Å²) < 4.78 is 46.5. The molecule has 1 aliphatic carbocycles. The van der Waals surface area contributed by atoms with Crippen LogP contribution in [-0.4, -0.2) is 19.1 Å². The van der Waals surface area contributed by atoms with Crippen LogP contribution in [0.4, 0.5) is 13.2 Å². The first-order valence-electron chi connectivity index (χ1n) is 6.88. The molecule has 1 aromatic carbocycles. The lowest BCUT2D eigenvalue weighted by Gasteiger charge is -2.27. The van der Waals surface area contributed by atoms with Crippen molar-refractivity contribution in [1.29, 1.82) is 0 Å². The van der Waals surface area contributed by atoms with Crippen molar-refractivity contribution in [2.75, 3.05) is 6.61 Å². The Labute approximate surface area is 121 Å².